The minimum Gasteiger partial charge on any atom is -0.496 e. The van der Waals surface area contributed by atoms with Crippen LogP contribution in [0.3, 0.4) is 0 Å². The number of nitrogens with zero attached hydrogens (tertiary/aromatic N) is 3. The van der Waals surface area contributed by atoms with Crippen molar-refractivity contribution in [3.8, 4) is 5.75 Å². The number of aromatic nitrogens is 2. The molecule has 110 valence electrons. The van der Waals surface area contributed by atoms with Gasteiger partial charge in [0, 0.05) is 23.9 Å². The molecule has 2 rings (SSSR count). The van der Waals surface area contributed by atoms with Gasteiger partial charge in [-0.05, 0) is 28.9 Å². The number of nitro benzene ring substituents is 1. The Morgan fingerprint density at radius 1 is 1.48 bits per heavy atom. The van der Waals surface area contributed by atoms with E-state index in [0.717, 1.165) is 0 Å². The zero-order chi connectivity index (χ0) is 15.6. The highest BCUT2D eigenvalue weighted by atomic mass is 79.9. The lowest BCUT2D eigenvalue weighted by Crippen LogP contribution is -2.24. The Balaban J connectivity index is 2.53. The van der Waals surface area contributed by atoms with Crippen LogP contribution < -0.4 is 10.3 Å². The van der Waals surface area contributed by atoms with Gasteiger partial charge in [0.15, 0.2) is 0 Å². The molecular formula is C13H12BrN3O4. The maximum Gasteiger partial charge on any atom is 0.270 e. The molecule has 1 aromatic heterocycles. The third-order valence-electron chi connectivity index (χ3n) is 3.01. The van der Waals surface area contributed by atoms with Crippen molar-refractivity contribution in [3.05, 3.63) is 60.7 Å². The fourth-order valence-electron chi connectivity index (χ4n) is 1.91. The fourth-order valence-corrected chi connectivity index (χ4v) is 2.23. The van der Waals surface area contributed by atoms with Crippen LogP contribution in [-0.2, 0) is 6.54 Å². The van der Waals surface area contributed by atoms with Gasteiger partial charge in [0.25, 0.3) is 11.2 Å². The van der Waals surface area contributed by atoms with E-state index in [4.69, 9.17) is 4.74 Å². The molecule has 0 aliphatic heterocycles. The van der Waals surface area contributed by atoms with E-state index >= 15 is 0 Å². The molecule has 7 nitrogen and oxygen atoms in total. The second-order valence-corrected chi connectivity index (χ2v) is 5.15. The number of methoxy groups -OCH3 is 1. The van der Waals surface area contributed by atoms with Crippen LogP contribution in [-0.4, -0.2) is 21.6 Å². The predicted octanol–water partition coefficient (Wildman–Crippen LogP) is 2.28. The molecule has 8 heteroatoms. The van der Waals surface area contributed by atoms with Crippen LogP contribution in [0, 0.1) is 17.0 Å². The maximum absolute atomic E-state index is 12.1. The molecule has 1 heterocycles. The lowest BCUT2D eigenvalue weighted by Gasteiger charge is -2.12. The van der Waals surface area contributed by atoms with Crippen LogP contribution in [0.4, 0.5) is 5.69 Å². The van der Waals surface area contributed by atoms with Crippen molar-refractivity contribution >= 4 is 21.6 Å². The quantitative estimate of drug-likeness (QED) is 0.621. The summed E-state index contributed by atoms with van der Waals surface area (Å²) < 4.78 is 6.95. The Kier molecular flexibility index (Phi) is 4.37. The van der Waals surface area contributed by atoms with Crippen molar-refractivity contribution in [2.75, 3.05) is 7.11 Å². The first kappa shape index (κ1) is 15.2. The Morgan fingerprint density at radius 2 is 2.19 bits per heavy atom. The first-order chi connectivity index (χ1) is 9.93. The number of hydrogen-bond donors (Lipinski definition) is 0. The lowest BCUT2D eigenvalue weighted by molar-refractivity contribution is -0.384. The van der Waals surface area contributed by atoms with Gasteiger partial charge in [-0.15, -0.1) is 0 Å². The normalized spacial score (nSPS) is 10.4. The summed E-state index contributed by atoms with van der Waals surface area (Å²) in [5.74, 6) is 0.989. The van der Waals surface area contributed by atoms with Crippen molar-refractivity contribution in [2.45, 2.75) is 13.5 Å². The number of aryl methyl sites for hydroxylation is 1. The first-order valence-corrected chi connectivity index (χ1v) is 6.76. The van der Waals surface area contributed by atoms with E-state index < -0.39 is 4.92 Å². The molecule has 21 heavy (non-hydrogen) atoms. The van der Waals surface area contributed by atoms with Crippen LogP contribution >= 0.6 is 15.9 Å². The number of ether oxygens (including phenoxy) is 1. The number of hydrogen-bond acceptors (Lipinski definition) is 5. The Morgan fingerprint density at radius 3 is 2.81 bits per heavy atom. The largest absolute Gasteiger partial charge is 0.496 e. The molecule has 2 aromatic rings. The van der Waals surface area contributed by atoms with Gasteiger partial charge in [-0.3, -0.25) is 19.5 Å². The zero-order valence-electron chi connectivity index (χ0n) is 11.4. The Bertz CT molecular complexity index is 758. The second-order valence-electron chi connectivity index (χ2n) is 4.30. The monoisotopic (exact) mass is 353 g/mol. The van der Waals surface area contributed by atoms with Gasteiger partial charge in [-0.25, -0.2) is 4.98 Å². The summed E-state index contributed by atoms with van der Waals surface area (Å²) in [7, 11) is 1.47. The minimum atomic E-state index is -0.488. The van der Waals surface area contributed by atoms with Crippen LogP contribution in [0.1, 0.15) is 11.4 Å². The third-order valence-corrected chi connectivity index (χ3v) is 3.55. The maximum atomic E-state index is 12.1. The summed E-state index contributed by atoms with van der Waals surface area (Å²) in [5, 5.41) is 10.9. The molecule has 0 unspecified atom stereocenters. The molecule has 0 aliphatic carbocycles. The molecule has 0 bridgehead atoms. The predicted molar refractivity (Wildman–Crippen MR) is 79.7 cm³/mol. The summed E-state index contributed by atoms with van der Waals surface area (Å²) in [6, 6.07) is 4.27. The summed E-state index contributed by atoms with van der Waals surface area (Å²) in [6.07, 6.45) is 1.43. The molecule has 0 saturated carbocycles. The molecular weight excluding hydrogens is 342 g/mol. The van der Waals surface area contributed by atoms with Gasteiger partial charge < -0.3 is 4.74 Å². The number of non-ortho nitro benzene ring substituents is 1. The number of rotatable bonds is 4. The minimum absolute atomic E-state index is 0.0561. The van der Waals surface area contributed by atoms with E-state index in [-0.39, 0.29) is 17.8 Å². The SMILES string of the molecule is COc1ccc([N+](=O)[O-])cc1Cn1c(C)ncc(Br)c1=O. The van der Waals surface area contributed by atoms with Crippen LogP contribution in [0.25, 0.3) is 0 Å². The second kappa shape index (κ2) is 6.04. The van der Waals surface area contributed by atoms with Gasteiger partial charge in [-0.2, -0.15) is 0 Å². The van der Waals surface area contributed by atoms with E-state index in [1.54, 1.807) is 6.92 Å². The third kappa shape index (κ3) is 3.10. The van der Waals surface area contributed by atoms with Gasteiger partial charge in [0.05, 0.1) is 18.6 Å². The van der Waals surface area contributed by atoms with Crippen LogP contribution in [0.15, 0.2) is 33.7 Å². The summed E-state index contributed by atoms with van der Waals surface area (Å²) in [4.78, 5) is 26.6. The van der Waals surface area contributed by atoms with Gasteiger partial charge >= 0.3 is 0 Å². The molecule has 0 saturated heterocycles. The van der Waals surface area contributed by atoms with Crippen molar-refractivity contribution in [1.82, 2.24) is 9.55 Å². The van der Waals surface area contributed by atoms with Crippen molar-refractivity contribution in [1.29, 1.82) is 0 Å². The van der Waals surface area contributed by atoms with E-state index in [2.05, 4.69) is 20.9 Å². The molecule has 0 amide bonds. The first-order valence-electron chi connectivity index (χ1n) is 5.97. The lowest BCUT2D eigenvalue weighted by atomic mass is 10.1. The van der Waals surface area contributed by atoms with E-state index in [0.29, 0.717) is 21.6 Å². The van der Waals surface area contributed by atoms with Gasteiger partial charge in [0.1, 0.15) is 16.0 Å². The molecule has 1 aromatic carbocycles. The zero-order valence-corrected chi connectivity index (χ0v) is 13.0. The molecule has 0 spiro atoms. The summed E-state index contributed by atoms with van der Waals surface area (Å²) >= 11 is 3.13. The van der Waals surface area contributed by atoms with E-state index in [9.17, 15) is 14.9 Å². The molecule has 0 atom stereocenters. The number of benzene rings is 1. The van der Waals surface area contributed by atoms with Crippen LogP contribution in [0.2, 0.25) is 0 Å². The van der Waals surface area contributed by atoms with E-state index in [1.807, 2.05) is 0 Å². The average Bonchev–Trinajstić information content (AvgIpc) is 2.47. The number of halogens is 1. The smallest absolute Gasteiger partial charge is 0.270 e. The average molecular weight is 354 g/mol. The van der Waals surface area contributed by atoms with Crippen LogP contribution in [0.5, 0.6) is 5.75 Å². The number of nitro groups is 1. The summed E-state index contributed by atoms with van der Waals surface area (Å²) in [6.45, 7) is 1.83. The molecule has 0 fully saturated rings. The fraction of sp³-hybridized carbons (Fsp3) is 0.231. The Labute approximate surface area is 128 Å². The van der Waals surface area contributed by atoms with Crippen molar-refractivity contribution < 1.29 is 9.66 Å². The molecule has 0 radical (unpaired) electrons. The van der Waals surface area contributed by atoms with Crippen molar-refractivity contribution in [3.63, 3.8) is 0 Å². The molecule has 0 N–H and O–H groups in total. The van der Waals surface area contributed by atoms with Crippen molar-refractivity contribution in [2.24, 2.45) is 0 Å². The Hall–Kier alpha value is -2.22. The van der Waals surface area contributed by atoms with E-state index in [1.165, 1.54) is 36.1 Å². The highest BCUT2D eigenvalue weighted by Gasteiger charge is 2.14. The standard InChI is InChI=1S/C13H12BrN3O4/c1-8-15-6-11(14)13(18)16(8)7-9-5-10(17(19)20)3-4-12(9)21-2/h3-6H,7H2,1-2H3. The van der Waals surface area contributed by atoms with Gasteiger partial charge in [0.2, 0.25) is 0 Å². The topological polar surface area (TPSA) is 87.3 Å². The van der Waals surface area contributed by atoms with Gasteiger partial charge in [-0.1, -0.05) is 0 Å². The molecule has 0 aliphatic rings. The highest BCUT2D eigenvalue weighted by molar-refractivity contribution is 9.10. The summed E-state index contributed by atoms with van der Waals surface area (Å²) in [5.41, 5.74) is 0.229. The highest BCUT2D eigenvalue weighted by Crippen LogP contribution is 2.24.